The number of phenolic OH excluding ortho intramolecular Hbond substituents is 2. The Hall–Kier alpha value is -1.75. The van der Waals surface area contributed by atoms with Crippen LogP contribution in [0.2, 0.25) is 0 Å². The molecule has 2 atom stereocenters. The van der Waals surface area contributed by atoms with Crippen molar-refractivity contribution in [2.45, 2.75) is 25.3 Å². The summed E-state index contributed by atoms with van der Waals surface area (Å²) < 4.78 is 0. The van der Waals surface area contributed by atoms with Crippen LogP contribution in [0.3, 0.4) is 0 Å². The third-order valence-corrected chi connectivity index (χ3v) is 3.50. The monoisotopic (exact) mass is 250 g/mol. The van der Waals surface area contributed by atoms with Crippen LogP contribution in [-0.2, 0) is 0 Å². The van der Waals surface area contributed by atoms with E-state index in [1.54, 1.807) is 0 Å². The molecule has 1 fully saturated rings. The molecule has 0 radical (unpaired) electrons. The molecule has 1 aliphatic carbocycles. The number of phenols is 2. The maximum atomic E-state index is 12.0. The van der Waals surface area contributed by atoms with Crippen LogP contribution < -0.4 is 11.1 Å². The Bertz CT molecular complexity index is 448. The number of nitrogens with two attached hydrogens (primary N) is 1. The Morgan fingerprint density at radius 2 is 2.17 bits per heavy atom. The van der Waals surface area contributed by atoms with Crippen molar-refractivity contribution >= 4 is 5.91 Å². The smallest absolute Gasteiger partial charge is 0.255 e. The predicted molar refractivity (Wildman–Crippen MR) is 67.4 cm³/mol. The lowest BCUT2D eigenvalue weighted by Crippen LogP contribution is -2.39. The maximum Gasteiger partial charge on any atom is 0.255 e. The third kappa shape index (κ3) is 2.56. The van der Waals surface area contributed by atoms with Gasteiger partial charge in [0, 0.05) is 12.1 Å². The Kier molecular flexibility index (Phi) is 3.72. The molecule has 1 aromatic carbocycles. The van der Waals surface area contributed by atoms with Gasteiger partial charge in [-0.3, -0.25) is 4.79 Å². The minimum Gasteiger partial charge on any atom is -0.508 e. The van der Waals surface area contributed by atoms with E-state index < -0.39 is 0 Å². The van der Waals surface area contributed by atoms with Crippen LogP contribution >= 0.6 is 0 Å². The molecular formula is C13H18N2O3. The molecule has 98 valence electrons. The van der Waals surface area contributed by atoms with Gasteiger partial charge in [0.1, 0.15) is 11.5 Å². The van der Waals surface area contributed by atoms with E-state index in [-0.39, 0.29) is 29.0 Å². The summed E-state index contributed by atoms with van der Waals surface area (Å²) in [5.74, 6) is -0.286. The van der Waals surface area contributed by atoms with Gasteiger partial charge in [0.25, 0.3) is 5.91 Å². The van der Waals surface area contributed by atoms with Crippen molar-refractivity contribution in [2.24, 2.45) is 11.7 Å². The standard InChI is InChI=1S/C13H18N2O3/c14-7-8-2-1-3-11(8)15-13(18)10-5-4-9(16)6-12(10)17/h4-6,8,11,16-17H,1-3,7,14H2,(H,15,18). The second-order valence-corrected chi connectivity index (χ2v) is 4.71. The van der Waals surface area contributed by atoms with Crippen LogP contribution in [0.1, 0.15) is 29.6 Å². The van der Waals surface area contributed by atoms with E-state index in [0.29, 0.717) is 12.5 Å². The average Bonchev–Trinajstić information content (AvgIpc) is 2.76. The van der Waals surface area contributed by atoms with Gasteiger partial charge >= 0.3 is 0 Å². The highest BCUT2D eigenvalue weighted by atomic mass is 16.3. The van der Waals surface area contributed by atoms with Crippen molar-refractivity contribution in [2.75, 3.05) is 6.54 Å². The zero-order chi connectivity index (χ0) is 13.1. The second-order valence-electron chi connectivity index (χ2n) is 4.71. The van der Waals surface area contributed by atoms with E-state index in [1.807, 2.05) is 0 Å². The molecule has 0 aromatic heterocycles. The van der Waals surface area contributed by atoms with Crippen LogP contribution in [0, 0.1) is 5.92 Å². The second kappa shape index (κ2) is 5.27. The molecule has 5 N–H and O–H groups in total. The Morgan fingerprint density at radius 1 is 1.39 bits per heavy atom. The van der Waals surface area contributed by atoms with Gasteiger partial charge in [-0.05, 0) is 37.4 Å². The first kappa shape index (κ1) is 12.7. The summed E-state index contributed by atoms with van der Waals surface area (Å²) in [7, 11) is 0. The van der Waals surface area contributed by atoms with Gasteiger partial charge in [0.2, 0.25) is 0 Å². The first-order chi connectivity index (χ1) is 8.61. The summed E-state index contributed by atoms with van der Waals surface area (Å²) in [5.41, 5.74) is 5.83. The summed E-state index contributed by atoms with van der Waals surface area (Å²) in [6, 6.07) is 4.02. The number of hydrogen-bond acceptors (Lipinski definition) is 4. The van der Waals surface area contributed by atoms with Crippen LogP contribution in [-0.4, -0.2) is 28.7 Å². The van der Waals surface area contributed by atoms with Crippen LogP contribution in [0.15, 0.2) is 18.2 Å². The molecule has 5 heteroatoms. The zero-order valence-electron chi connectivity index (χ0n) is 10.1. The van der Waals surface area contributed by atoms with Crippen molar-refractivity contribution in [3.63, 3.8) is 0 Å². The highest BCUT2D eigenvalue weighted by Gasteiger charge is 2.28. The van der Waals surface area contributed by atoms with E-state index >= 15 is 0 Å². The first-order valence-corrected chi connectivity index (χ1v) is 6.14. The lowest BCUT2D eigenvalue weighted by atomic mass is 10.0. The van der Waals surface area contributed by atoms with E-state index in [0.717, 1.165) is 25.3 Å². The van der Waals surface area contributed by atoms with Crippen molar-refractivity contribution in [3.8, 4) is 11.5 Å². The molecule has 1 aromatic rings. The van der Waals surface area contributed by atoms with Gasteiger partial charge in [0.15, 0.2) is 0 Å². The summed E-state index contributed by atoms with van der Waals surface area (Å²) in [4.78, 5) is 12.0. The van der Waals surface area contributed by atoms with Crippen molar-refractivity contribution in [1.29, 1.82) is 0 Å². The number of hydrogen-bond donors (Lipinski definition) is 4. The predicted octanol–water partition coefficient (Wildman–Crippen LogP) is 0.955. The van der Waals surface area contributed by atoms with Gasteiger partial charge in [-0.15, -0.1) is 0 Å². The van der Waals surface area contributed by atoms with Crippen LogP contribution in [0.4, 0.5) is 0 Å². The largest absolute Gasteiger partial charge is 0.508 e. The van der Waals surface area contributed by atoms with E-state index in [4.69, 9.17) is 5.73 Å². The molecule has 1 saturated carbocycles. The number of carbonyl (C=O) groups excluding carboxylic acids is 1. The summed E-state index contributed by atoms with van der Waals surface area (Å²) >= 11 is 0. The lowest BCUT2D eigenvalue weighted by Gasteiger charge is -2.19. The topological polar surface area (TPSA) is 95.6 Å². The fourth-order valence-electron chi connectivity index (χ4n) is 2.47. The third-order valence-electron chi connectivity index (χ3n) is 3.50. The highest BCUT2D eigenvalue weighted by molar-refractivity contribution is 5.97. The zero-order valence-corrected chi connectivity index (χ0v) is 10.1. The van der Waals surface area contributed by atoms with Crippen LogP contribution in [0.25, 0.3) is 0 Å². The molecule has 1 amide bonds. The first-order valence-electron chi connectivity index (χ1n) is 6.14. The molecule has 2 unspecified atom stereocenters. The molecular weight excluding hydrogens is 232 g/mol. The minimum absolute atomic E-state index is 0.0650. The normalized spacial score (nSPS) is 22.9. The Balaban J connectivity index is 2.07. The lowest BCUT2D eigenvalue weighted by molar-refractivity contribution is 0.0926. The van der Waals surface area contributed by atoms with Crippen LogP contribution in [0.5, 0.6) is 11.5 Å². The number of nitrogens with one attached hydrogen (secondary N) is 1. The molecule has 0 bridgehead atoms. The molecule has 18 heavy (non-hydrogen) atoms. The summed E-state index contributed by atoms with van der Waals surface area (Å²) in [6.45, 7) is 0.562. The minimum atomic E-state index is -0.321. The van der Waals surface area contributed by atoms with Crippen molar-refractivity contribution in [3.05, 3.63) is 23.8 Å². The highest BCUT2D eigenvalue weighted by Crippen LogP contribution is 2.26. The molecule has 5 nitrogen and oxygen atoms in total. The number of benzene rings is 1. The Morgan fingerprint density at radius 3 is 2.83 bits per heavy atom. The molecule has 2 rings (SSSR count). The molecule has 0 heterocycles. The van der Waals surface area contributed by atoms with Gasteiger partial charge in [0.05, 0.1) is 5.56 Å². The molecule has 0 spiro atoms. The molecule has 0 aliphatic heterocycles. The fraction of sp³-hybridized carbons (Fsp3) is 0.462. The molecule has 0 saturated heterocycles. The number of aromatic hydroxyl groups is 2. The number of rotatable bonds is 3. The van der Waals surface area contributed by atoms with Crippen molar-refractivity contribution in [1.82, 2.24) is 5.32 Å². The van der Waals surface area contributed by atoms with Gasteiger partial charge in [-0.1, -0.05) is 6.42 Å². The Labute approximate surface area is 106 Å². The summed E-state index contributed by atoms with van der Waals surface area (Å²) in [5, 5.41) is 21.7. The molecule has 1 aliphatic rings. The fourth-order valence-corrected chi connectivity index (χ4v) is 2.47. The number of carbonyl (C=O) groups is 1. The van der Waals surface area contributed by atoms with E-state index in [9.17, 15) is 15.0 Å². The number of amides is 1. The summed E-state index contributed by atoms with van der Waals surface area (Å²) in [6.07, 6.45) is 3.02. The quantitative estimate of drug-likeness (QED) is 0.642. The SMILES string of the molecule is NCC1CCCC1NC(=O)c1ccc(O)cc1O. The van der Waals surface area contributed by atoms with Gasteiger partial charge < -0.3 is 21.3 Å². The van der Waals surface area contributed by atoms with Gasteiger partial charge in [-0.25, -0.2) is 0 Å². The van der Waals surface area contributed by atoms with E-state index in [1.165, 1.54) is 12.1 Å². The van der Waals surface area contributed by atoms with Gasteiger partial charge in [-0.2, -0.15) is 0 Å². The maximum absolute atomic E-state index is 12.0. The average molecular weight is 250 g/mol. The van der Waals surface area contributed by atoms with E-state index in [2.05, 4.69) is 5.32 Å². The van der Waals surface area contributed by atoms with Crippen molar-refractivity contribution < 1.29 is 15.0 Å².